The second kappa shape index (κ2) is 7.53. The molecule has 4 rings (SSSR count). The topological polar surface area (TPSA) is 88.8 Å². The molecule has 1 N–H and O–H groups in total. The Morgan fingerprint density at radius 1 is 1.14 bits per heavy atom. The Kier molecular flexibility index (Phi) is 5.06. The van der Waals surface area contributed by atoms with Crippen molar-refractivity contribution in [2.75, 3.05) is 25.5 Å². The summed E-state index contributed by atoms with van der Waals surface area (Å²) >= 11 is 0. The van der Waals surface area contributed by atoms with Crippen LogP contribution in [0.25, 0.3) is 11.0 Å². The van der Waals surface area contributed by atoms with E-state index in [4.69, 9.17) is 9.15 Å². The summed E-state index contributed by atoms with van der Waals surface area (Å²) in [7, 11) is -1.98. The summed E-state index contributed by atoms with van der Waals surface area (Å²) in [5, 5.41) is 3.40. The molecule has 3 aromatic rings. The molecule has 29 heavy (non-hydrogen) atoms. The minimum Gasteiger partial charge on any atom is -0.497 e. The molecule has 8 heteroatoms. The molecular formula is C21H22N2O5S. The number of rotatable bonds is 5. The van der Waals surface area contributed by atoms with E-state index < -0.39 is 15.9 Å². The molecule has 0 aliphatic carbocycles. The van der Waals surface area contributed by atoms with Crippen molar-refractivity contribution in [2.45, 2.75) is 24.7 Å². The van der Waals surface area contributed by atoms with E-state index in [0.29, 0.717) is 41.1 Å². The van der Waals surface area contributed by atoms with Crippen LogP contribution in [0.3, 0.4) is 0 Å². The summed E-state index contributed by atoms with van der Waals surface area (Å²) in [6, 6.07) is 11.7. The van der Waals surface area contributed by atoms with E-state index in [0.717, 1.165) is 12.8 Å². The van der Waals surface area contributed by atoms with E-state index in [9.17, 15) is 13.2 Å². The summed E-state index contributed by atoms with van der Waals surface area (Å²) < 4.78 is 38.1. The van der Waals surface area contributed by atoms with Crippen molar-refractivity contribution in [3.63, 3.8) is 0 Å². The molecular weight excluding hydrogens is 392 g/mol. The van der Waals surface area contributed by atoms with Crippen LogP contribution in [0, 0.1) is 6.92 Å². The molecule has 0 radical (unpaired) electrons. The lowest BCUT2D eigenvalue weighted by Crippen LogP contribution is -2.27. The zero-order valence-corrected chi connectivity index (χ0v) is 17.1. The average Bonchev–Trinajstić information content (AvgIpc) is 3.37. The molecule has 2 heterocycles. The zero-order valence-electron chi connectivity index (χ0n) is 16.3. The molecule has 1 saturated heterocycles. The molecule has 1 aliphatic rings. The maximum atomic E-state index is 12.8. The van der Waals surface area contributed by atoms with Gasteiger partial charge in [-0.3, -0.25) is 4.79 Å². The van der Waals surface area contributed by atoms with Gasteiger partial charge >= 0.3 is 0 Å². The third-order valence-electron chi connectivity index (χ3n) is 5.14. The number of aryl methyl sites for hydroxylation is 1. The second-order valence-electron chi connectivity index (χ2n) is 7.01. The third-order valence-corrected chi connectivity index (χ3v) is 7.04. The molecule has 0 unspecified atom stereocenters. The summed E-state index contributed by atoms with van der Waals surface area (Å²) in [5.74, 6) is 0.371. The van der Waals surface area contributed by atoms with Crippen molar-refractivity contribution in [3.05, 3.63) is 53.8 Å². The standard InChI is InChI=1S/C21H22N2O5S/c1-14-18-13-17(29(25,26)23-10-3-4-11-23)8-9-19(18)28-20(14)21(24)22-15-6-5-7-16(12-15)27-2/h5-9,12-13H,3-4,10-11H2,1-2H3,(H,22,24). The highest BCUT2D eigenvalue weighted by molar-refractivity contribution is 7.89. The lowest BCUT2D eigenvalue weighted by molar-refractivity contribution is 0.0998. The molecule has 1 fully saturated rings. The number of furan rings is 1. The molecule has 0 atom stereocenters. The molecule has 1 amide bonds. The first-order chi connectivity index (χ1) is 13.9. The fraction of sp³-hybridized carbons (Fsp3) is 0.286. The first-order valence-electron chi connectivity index (χ1n) is 9.39. The van der Waals surface area contributed by atoms with Crippen LogP contribution in [0.4, 0.5) is 5.69 Å². The number of nitrogens with zero attached hydrogens (tertiary/aromatic N) is 1. The number of hydrogen-bond acceptors (Lipinski definition) is 5. The SMILES string of the molecule is COc1cccc(NC(=O)c2oc3ccc(S(=O)(=O)N4CCCC4)cc3c2C)c1. The average molecular weight is 414 g/mol. The van der Waals surface area contributed by atoms with Crippen LogP contribution in [-0.4, -0.2) is 38.8 Å². The van der Waals surface area contributed by atoms with E-state index in [1.165, 1.54) is 10.4 Å². The first-order valence-corrected chi connectivity index (χ1v) is 10.8. The van der Waals surface area contributed by atoms with Gasteiger partial charge in [0.1, 0.15) is 11.3 Å². The predicted octanol–water partition coefficient (Wildman–Crippen LogP) is 3.79. The normalized spacial score (nSPS) is 15.0. The highest BCUT2D eigenvalue weighted by Gasteiger charge is 2.28. The fourth-order valence-corrected chi connectivity index (χ4v) is 5.09. The number of benzene rings is 2. The van der Waals surface area contributed by atoms with Crippen LogP contribution in [-0.2, 0) is 10.0 Å². The zero-order chi connectivity index (χ0) is 20.6. The van der Waals surface area contributed by atoms with E-state index in [1.807, 2.05) is 0 Å². The monoisotopic (exact) mass is 414 g/mol. The summed E-state index contributed by atoms with van der Waals surface area (Å²) in [6.07, 6.45) is 1.75. The van der Waals surface area contributed by atoms with Gasteiger partial charge in [0.05, 0.1) is 12.0 Å². The van der Waals surface area contributed by atoms with Gasteiger partial charge in [-0.2, -0.15) is 4.31 Å². The molecule has 0 bridgehead atoms. The Morgan fingerprint density at radius 2 is 1.90 bits per heavy atom. The van der Waals surface area contributed by atoms with Crippen molar-refractivity contribution in [2.24, 2.45) is 0 Å². The van der Waals surface area contributed by atoms with Gasteiger partial charge in [-0.05, 0) is 50.1 Å². The number of methoxy groups -OCH3 is 1. The molecule has 0 saturated carbocycles. The van der Waals surface area contributed by atoms with E-state index in [1.54, 1.807) is 50.4 Å². The van der Waals surface area contributed by atoms with Crippen LogP contribution < -0.4 is 10.1 Å². The maximum absolute atomic E-state index is 12.8. The first kappa shape index (κ1) is 19.5. The minimum absolute atomic E-state index is 0.151. The molecule has 0 spiro atoms. The van der Waals surface area contributed by atoms with Crippen molar-refractivity contribution >= 4 is 32.6 Å². The summed E-state index contributed by atoms with van der Waals surface area (Å²) in [4.78, 5) is 12.9. The van der Waals surface area contributed by atoms with Crippen molar-refractivity contribution in [1.29, 1.82) is 0 Å². The third kappa shape index (κ3) is 3.61. The Bertz CT molecular complexity index is 1180. The lowest BCUT2D eigenvalue weighted by atomic mass is 10.1. The molecule has 7 nitrogen and oxygen atoms in total. The number of hydrogen-bond donors (Lipinski definition) is 1. The highest BCUT2D eigenvalue weighted by Crippen LogP contribution is 2.30. The van der Waals surface area contributed by atoms with Crippen molar-refractivity contribution in [1.82, 2.24) is 4.31 Å². The van der Waals surface area contributed by atoms with Gasteiger partial charge in [-0.15, -0.1) is 0 Å². The second-order valence-corrected chi connectivity index (χ2v) is 8.95. The molecule has 1 aliphatic heterocycles. The van der Waals surface area contributed by atoms with E-state index in [2.05, 4.69) is 5.32 Å². The number of ether oxygens (including phenoxy) is 1. The van der Waals surface area contributed by atoms with Crippen LogP contribution in [0.1, 0.15) is 29.0 Å². The Morgan fingerprint density at radius 3 is 2.62 bits per heavy atom. The van der Waals surface area contributed by atoms with Gasteiger partial charge in [-0.1, -0.05) is 6.07 Å². The van der Waals surface area contributed by atoms with Crippen molar-refractivity contribution in [3.8, 4) is 5.75 Å². The van der Waals surface area contributed by atoms with Crippen LogP contribution in [0.5, 0.6) is 5.75 Å². The van der Waals surface area contributed by atoms with Gasteiger partial charge in [0, 0.05) is 35.8 Å². The highest BCUT2D eigenvalue weighted by atomic mass is 32.2. The van der Waals surface area contributed by atoms with E-state index in [-0.39, 0.29) is 10.7 Å². The number of carbonyl (C=O) groups excluding carboxylic acids is 1. The van der Waals surface area contributed by atoms with E-state index >= 15 is 0 Å². The van der Waals surface area contributed by atoms with Gasteiger partial charge < -0.3 is 14.5 Å². The summed E-state index contributed by atoms with van der Waals surface area (Å²) in [5.41, 5.74) is 1.64. The number of fused-ring (bicyclic) bond motifs is 1. The fourth-order valence-electron chi connectivity index (χ4n) is 3.54. The Hall–Kier alpha value is -2.84. The van der Waals surface area contributed by atoms with Crippen LogP contribution in [0.15, 0.2) is 51.8 Å². The predicted molar refractivity (Wildman–Crippen MR) is 110 cm³/mol. The lowest BCUT2D eigenvalue weighted by Gasteiger charge is -2.15. The number of sulfonamides is 1. The number of amides is 1. The van der Waals surface area contributed by atoms with Crippen molar-refractivity contribution < 1.29 is 22.4 Å². The van der Waals surface area contributed by atoms with Gasteiger partial charge in [0.2, 0.25) is 10.0 Å². The maximum Gasteiger partial charge on any atom is 0.291 e. The van der Waals surface area contributed by atoms with Gasteiger partial charge in [0.15, 0.2) is 5.76 Å². The summed E-state index contributed by atoms with van der Waals surface area (Å²) in [6.45, 7) is 2.83. The largest absolute Gasteiger partial charge is 0.497 e. The Balaban J connectivity index is 1.66. The van der Waals surface area contributed by atoms with Crippen LogP contribution in [0.2, 0.25) is 0 Å². The Labute approximate surface area is 169 Å². The van der Waals surface area contributed by atoms with Crippen LogP contribution >= 0.6 is 0 Å². The minimum atomic E-state index is -3.54. The molecule has 152 valence electrons. The molecule has 1 aromatic heterocycles. The molecule has 2 aromatic carbocycles. The van der Waals surface area contributed by atoms with Gasteiger partial charge in [-0.25, -0.2) is 8.42 Å². The number of nitrogens with one attached hydrogen (secondary N) is 1. The number of anilines is 1. The quantitative estimate of drug-likeness (QED) is 0.686. The van der Waals surface area contributed by atoms with Gasteiger partial charge in [0.25, 0.3) is 5.91 Å². The number of carbonyl (C=O) groups is 1. The smallest absolute Gasteiger partial charge is 0.291 e.